The number of halogens is 1. The van der Waals surface area contributed by atoms with Crippen molar-refractivity contribution in [3.05, 3.63) is 102 Å². The van der Waals surface area contributed by atoms with Gasteiger partial charge in [0, 0.05) is 41.9 Å². The van der Waals surface area contributed by atoms with Crippen LogP contribution in [-0.2, 0) is 0 Å². The standard InChI is InChI=1S/C27H16ClN3S/c28-20-12-14-24-22(16-20)21-15-19(11-13-23(21)32-24)27-30-25(17-7-3-1-4-8-17)29-26(31-27)18-9-5-2-6-10-18/h1-16H. The molecule has 0 radical (unpaired) electrons. The van der Waals surface area contributed by atoms with Crippen LogP contribution in [0.5, 0.6) is 0 Å². The molecule has 0 N–H and O–H groups in total. The molecular formula is C27H16ClN3S. The Labute approximate surface area is 194 Å². The summed E-state index contributed by atoms with van der Waals surface area (Å²) in [5, 5.41) is 3.05. The molecule has 6 aromatic rings. The van der Waals surface area contributed by atoms with E-state index in [2.05, 4.69) is 24.3 Å². The fourth-order valence-corrected chi connectivity index (χ4v) is 5.07. The monoisotopic (exact) mass is 449 g/mol. The maximum absolute atomic E-state index is 6.28. The molecule has 0 saturated carbocycles. The third-order valence-electron chi connectivity index (χ3n) is 5.39. The van der Waals surface area contributed by atoms with E-state index in [0.717, 1.165) is 32.5 Å². The fourth-order valence-electron chi connectivity index (χ4n) is 3.83. The quantitative estimate of drug-likeness (QED) is 0.275. The van der Waals surface area contributed by atoms with Crippen LogP contribution in [0.25, 0.3) is 54.3 Å². The maximum Gasteiger partial charge on any atom is 0.164 e. The minimum absolute atomic E-state index is 0.654. The molecule has 0 unspecified atom stereocenters. The van der Waals surface area contributed by atoms with E-state index in [1.54, 1.807) is 11.3 Å². The average Bonchev–Trinajstić information content (AvgIpc) is 3.22. The van der Waals surface area contributed by atoms with Crippen LogP contribution in [0.1, 0.15) is 0 Å². The molecule has 0 fully saturated rings. The molecule has 0 bridgehead atoms. The highest BCUT2D eigenvalue weighted by Crippen LogP contribution is 2.37. The van der Waals surface area contributed by atoms with Crippen molar-refractivity contribution in [1.82, 2.24) is 15.0 Å². The Bertz CT molecular complexity index is 1520. The van der Waals surface area contributed by atoms with E-state index < -0.39 is 0 Å². The van der Waals surface area contributed by atoms with Gasteiger partial charge in [0.2, 0.25) is 0 Å². The first-order valence-electron chi connectivity index (χ1n) is 10.2. The van der Waals surface area contributed by atoms with Gasteiger partial charge in [-0.3, -0.25) is 0 Å². The number of hydrogen-bond acceptors (Lipinski definition) is 4. The molecule has 0 aliphatic carbocycles. The summed E-state index contributed by atoms with van der Waals surface area (Å²) >= 11 is 8.04. The molecule has 2 aromatic heterocycles. The second-order valence-electron chi connectivity index (χ2n) is 7.49. The SMILES string of the molecule is Clc1ccc2sc3ccc(-c4nc(-c5ccccc5)nc(-c5ccccc5)n4)cc3c2c1. The number of hydrogen-bond donors (Lipinski definition) is 0. The van der Waals surface area contributed by atoms with Crippen LogP contribution in [0.3, 0.4) is 0 Å². The Kier molecular flexibility index (Phi) is 4.67. The van der Waals surface area contributed by atoms with E-state index in [1.165, 1.54) is 9.40 Å². The molecule has 3 nitrogen and oxygen atoms in total. The van der Waals surface area contributed by atoms with E-state index in [9.17, 15) is 0 Å². The van der Waals surface area contributed by atoms with Crippen LogP contribution in [0.4, 0.5) is 0 Å². The largest absolute Gasteiger partial charge is 0.208 e. The maximum atomic E-state index is 6.28. The van der Waals surface area contributed by atoms with Crippen LogP contribution >= 0.6 is 22.9 Å². The Morgan fingerprint density at radius 2 is 1.00 bits per heavy atom. The third kappa shape index (κ3) is 3.44. The minimum Gasteiger partial charge on any atom is -0.208 e. The molecule has 4 aromatic carbocycles. The summed E-state index contributed by atoms with van der Waals surface area (Å²) in [5.74, 6) is 1.97. The van der Waals surface area contributed by atoms with Gasteiger partial charge in [-0.15, -0.1) is 11.3 Å². The predicted molar refractivity (Wildman–Crippen MR) is 134 cm³/mol. The van der Waals surface area contributed by atoms with Crippen LogP contribution in [0.2, 0.25) is 5.02 Å². The lowest BCUT2D eigenvalue weighted by Crippen LogP contribution is -2.00. The Morgan fingerprint density at radius 3 is 1.59 bits per heavy atom. The lowest BCUT2D eigenvalue weighted by Gasteiger charge is -2.08. The average molecular weight is 450 g/mol. The highest BCUT2D eigenvalue weighted by molar-refractivity contribution is 7.25. The molecule has 0 spiro atoms. The fraction of sp³-hybridized carbons (Fsp3) is 0. The molecule has 0 atom stereocenters. The zero-order valence-electron chi connectivity index (χ0n) is 16.9. The van der Waals surface area contributed by atoms with Crippen molar-refractivity contribution < 1.29 is 0 Å². The summed E-state index contributed by atoms with van der Waals surface area (Å²) < 4.78 is 2.43. The summed E-state index contributed by atoms with van der Waals surface area (Å²) in [6, 6.07) is 32.4. The Balaban J connectivity index is 1.58. The first-order valence-corrected chi connectivity index (χ1v) is 11.4. The number of benzene rings is 4. The molecule has 0 amide bonds. The number of aromatic nitrogens is 3. The molecule has 32 heavy (non-hydrogen) atoms. The van der Waals surface area contributed by atoms with Crippen molar-refractivity contribution in [2.75, 3.05) is 0 Å². The van der Waals surface area contributed by atoms with Crippen LogP contribution in [-0.4, -0.2) is 15.0 Å². The van der Waals surface area contributed by atoms with Gasteiger partial charge in [0.15, 0.2) is 17.5 Å². The van der Waals surface area contributed by atoms with Gasteiger partial charge in [-0.1, -0.05) is 72.3 Å². The van der Waals surface area contributed by atoms with Crippen LogP contribution in [0, 0.1) is 0 Å². The van der Waals surface area contributed by atoms with E-state index in [0.29, 0.717) is 17.5 Å². The second kappa shape index (κ2) is 7.83. The number of thiophene rings is 1. The van der Waals surface area contributed by atoms with Gasteiger partial charge in [-0.2, -0.15) is 0 Å². The molecule has 6 rings (SSSR count). The van der Waals surface area contributed by atoms with Gasteiger partial charge in [0.05, 0.1) is 0 Å². The van der Waals surface area contributed by atoms with Crippen molar-refractivity contribution in [3.8, 4) is 34.2 Å². The summed E-state index contributed by atoms with van der Waals surface area (Å²) in [4.78, 5) is 14.5. The zero-order chi connectivity index (χ0) is 21.5. The lowest BCUT2D eigenvalue weighted by molar-refractivity contribution is 1.07. The highest BCUT2D eigenvalue weighted by Gasteiger charge is 2.14. The topological polar surface area (TPSA) is 38.7 Å². The lowest BCUT2D eigenvalue weighted by atomic mass is 10.1. The van der Waals surface area contributed by atoms with Crippen molar-refractivity contribution >= 4 is 43.1 Å². The molecule has 0 saturated heterocycles. The first-order chi connectivity index (χ1) is 15.7. The van der Waals surface area contributed by atoms with E-state index >= 15 is 0 Å². The third-order valence-corrected chi connectivity index (χ3v) is 6.78. The van der Waals surface area contributed by atoms with Gasteiger partial charge in [-0.05, 0) is 36.4 Å². The van der Waals surface area contributed by atoms with Gasteiger partial charge in [-0.25, -0.2) is 15.0 Å². The van der Waals surface area contributed by atoms with Crippen molar-refractivity contribution in [3.63, 3.8) is 0 Å². The summed E-state index contributed by atoms with van der Waals surface area (Å²) in [5.41, 5.74) is 2.87. The van der Waals surface area contributed by atoms with Gasteiger partial charge >= 0.3 is 0 Å². The second-order valence-corrected chi connectivity index (χ2v) is 9.01. The number of rotatable bonds is 3. The molecule has 0 aliphatic heterocycles. The predicted octanol–water partition coefficient (Wildman–Crippen LogP) is 7.89. The Hall–Kier alpha value is -3.60. The smallest absolute Gasteiger partial charge is 0.164 e. The summed E-state index contributed by atoms with van der Waals surface area (Å²) in [7, 11) is 0. The molecular weight excluding hydrogens is 434 g/mol. The van der Waals surface area contributed by atoms with Gasteiger partial charge < -0.3 is 0 Å². The van der Waals surface area contributed by atoms with Crippen LogP contribution in [0.15, 0.2) is 97.1 Å². The van der Waals surface area contributed by atoms with E-state index in [1.807, 2.05) is 72.8 Å². The van der Waals surface area contributed by atoms with Gasteiger partial charge in [0.25, 0.3) is 0 Å². The molecule has 2 heterocycles. The summed E-state index contributed by atoms with van der Waals surface area (Å²) in [6.07, 6.45) is 0. The number of nitrogens with zero attached hydrogens (tertiary/aromatic N) is 3. The minimum atomic E-state index is 0.654. The van der Waals surface area contributed by atoms with Crippen molar-refractivity contribution in [1.29, 1.82) is 0 Å². The summed E-state index contributed by atoms with van der Waals surface area (Å²) in [6.45, 7) is 0. The van der Waals surface area contributed by atoms with E-state index in [-0.39, 0.29) is 0 Å². The highest BCUT2D eigenvalue weighted by atomic mass is 35.5. The van der Waals surface area contributed by atoms with Crippen molar-refractivity contribution in [2.45, 2.75) is 0 Å². The van der Waals surface area contributed by atoms with Crippen molar-refractivity contribution in [2.24, 2.45) is 0 Å². The number of fused-ring (bicyclic) bond motifs is 3. The Morgan fingerprint density at radius 1 is 0.500 bits per heavy atom. The zero-order valence-corrected chi connectivity index (χ0v) is 18.4. The van der Waals surface area contributed by atoms with Crippen LogP contribution < -0.4 is 0 Å². The van der Waals surface area contributed by atoms with Gasteiger partial charge in [0.1, 0.15) is 0 Å². The van der Waals surface area contributed by atoms with E-state index in [4.69, 9.17) is 26.6 Å². The normalized spacial score (nSPS) is 11.3. The molecule has 152 valence electrons. The molecule has 0 aliphatic rings. The molecule has 5 heteroatoms. The first kappa shape index (κ1) is 19.1.